The quantitative estimate of drug-likeness (QED) is 0.827. The number of hydrogen-bond acceptors (Lipinski definition) is 3. The Balaban J connectivity index is 2.18. The van der Waals surface area contributed by atoms with Crippen molar-refractivity contribution in [1.82, 2.24) is 9.78 Å². The number of anilines is 1. The van der Waals surface area contributed by atoms with E-state index in [0.717, 1.165) is 28.9 Å². The topological polar surface area (TPSA) is 50.1 Å². The predicted octanol–water partition coefficient (Wildman–Crippen LogP) is 3.40. The molecule has 0 spiro atoms. The highest BCUT2D eigenvalue weighted by Gasteiger charge is 2.10. The van der Waals surface area contributed by atoms with E-state index in [2.05, 4.69) is 30.5 Å². The summed E-state index contributed by atoms with van der Waals surface area (Å²) < 4.78 is 1.92. The number of benzene rings is 1. The summed E-state index contributed by atoms with van der Waals surface area (Å²) in [5, 5.41) is 17.4. The number of rotatable bonds is 4. The molecule has 1 unspecified atom stereocenters. The van der Waals surface area contributed by atoms with Crippen LogP contribution >= 0.6 is 0 Å². The summed E-state index contributed by atoms with van der Waals surface area (Å²) in [5.41, 5.74) is 4.13. The zero-order chi connectivity index (χ0) is 14.0. The minimum absolute atomic E-state index is 0.183. The molecule has 0 aliphatic heterocycles. The predicted molar refractivity (Wildman–Crippen MR) is 77.5 cm³/mol. The third kappa shape index (κ3) is 2.89. The van der Waals surface area contributed by atoms with Crippen LogP contribution in [0, 0.1) is 13.8 Å². The van der Waals surface area contributed by atoms with Crippen LogP contribution < -0.4 is 5.32 Å². The lowest BCUT2D eigenvalue weighted by Gasteiger charge is -2.17. The summed E-state index contributed by atoms with van der Waals surface area (Å²) in [6.45, 7) is 8.95. The van der Waals surface area contributed by atoms with Gasteiger partial charge in [-0.05, 0) is 51.0 Å². The molecule has 0 aliphatic rings. The SMILES string of the molecule is CCn1cc(C(C)Nc2cc(C)c(O)cc2C)cn1. The van der Waals surface area contributed by atoms with Crippen molar-refractivity contribution in [1.29, 1.82) is 0 Å². The van der Waals surface area contributed by atoms with Gasteiger partial charge in [-0.15, -0.1) is 0 Å². The lowest BCUT2D eigenvalue weighted by atomic mass is 10.1. The number of phenolic OH excluding ortho intramolecular Hbond substituents is 1. The molecule has 0 fully saturated rings. The summed E-state index contributed by atoms with van der Waals surface area (Å²) in [5.74, 6) is 0.342. The summed E-state index contributed by atoms with van der Waals surface area (Å²) in [4.78, 5) is 0. The largest absolute Gasteiger partial charge is 0.508 e. The molecule has 2 N–H and O–H groups in total. The molecular formula is C15H21N3O. The molecule has 19 heavy (non-hydrogen) atoms. The Hall–Kier alpha value is -1.97. The van der Waals surface area contributed by atoms with E-state index in [1.54, 1.807) is 6.07 Å². The van der Waals surface area contributed by atoms with Gasteiger partial charge in [-0.1, -0.05) is 0 Å². The van der Waals surface area contributed by atoms with Gasteiger partial charge >= 0.3 is 0 Å². The van der Waals surface area contributed by atoms with Crippen molar-refractivity contribution in [3.63, 3.8) is 0 Å². The van der Waals surface area contributed by atoms with Crippen LogP contribution in [0.25, 0.3) is 0 Å². The molecule has 0 radical (unpaired) electrons. The second kappa shape index (κ2) is 5.34. The highest BCUT2D eigenvalue weighted by Crippen LogP contribution is 2.27. The number of aromatic nitrogens is 2. The summed E-state index contributed by atoms with van der Waals surface area (Å²) in [6, 6.07) is 3.95. The number of hydrogen-bond donors (Lipinski definition) is 2. The number of aromatic hydroxyl groups is 1. The van der Waals surface area contributed by atoms with Crippen LogP contribution in [0.5, 0.6) is 5.75 Å². The highest BCUT2D eigenvalue weighted by molar-refractivity contribution is 5.57. The Labute approximate surface area is 114 Å². The van der Waals surface area contributed by atoms with Gasteiger partial charge in [0.1, 0.15) is 5.75 Å². The lowest BCUT2D eigenvalue weighted by Crippen LogP contribution is -2.07. The molecule has 1 heterocycles. The normalized spacial score (nSPS) is 12.4. The minimum Gasteiger partial charge on any atom is -0.508 e. The van der Waals surface area contributed by atoms with Crippen molar-refractivity contribution in [2.24, 2.45) is 0 Å². The van der Waals surface area contributed by atoms with Crippen LogP contribution in [0.15, 0.2) is 24.5 Å². The first-order chi connectivity index (χ1) is 9.01. The van der Waals surface area contributed by atoms with E-state index >= 15 is 0 Å². The maximum Gasteiger partial charge on any atom is 0.118 e. The maximum atomic E-state index is 9.67. The van der Waals surface area contributed by atoms with Crippen molar-refractivity contribution < 1.29 is 5.11 Å². The molecule has 2 rings (SSSR count). The van der Waals surface area contributed by atoms with Gasteiger partial charge in [-0.25, -0.2) is 0 Å². The number of nitrogens with one attached hydrogen (secondary N) is 1. The molecule has 0 aliphatic carbocycles. The van der Waals surface area contributed by atoms with Crippen molar-refractivity contribution in [3.05, 3.63) is 41.2 Å². The van der Waals surface area contributed by atoms with Crippen LogP contribution in [0.2, 0.25) is 0 Å². The molecule has 1 aromatic carbocycles. The number of aryl methyl sites for hydroxylation is 3. The van der Waals surface area contributed by atoms with Crippen LogP contribution in [0.1, 0.15) is 36.6 Å². The average Bonchev–Trinajstić information content (AvgIpc) is 2.84. The van der Waals surface area contributed by atoms with Crippen molar-refractivity contribution in [2.45, 2.75) is 40.3 Å². The molecule has 2 aromatic rings. The van der Waals surface area contributed by atoms with E-state index < -0.39 is 0 Å². The van der Waals surface area contributed by atoms with Gasteiger partial charge in [0.2, 0.25) is 0 Å². The Bertz CT molecular complexity index is 575. The van der Waals surface area contributed by atoms with E-state index in [1.807, 2.05) is 30.8 Å². The fraction of sp³-hybridized carbons (Fsp3) is 0.400. The summed E-state index contributed by atoms with van der Waals surface area (Å²) in [7, 11) is 0. The summed E-state index contributed by atoms with van der Waals surface area (Å²) >= 11 is 0. The maximum absolute atomic E-state index is 9.67. The molecular weight excluding hydrogens is 238 g/mol. The molecule has 1 aromatic heterocycles. The smallest absolute Gasteiger partial charge is 0.118 e. The van der Waals surface area contributed by atoms with Crippen LogP contribution in [-0.2, 0) is 6.54 Å². The molecule has 0 bridgehead atoms. The van der Waals surface area contributed by atoms with Gasteiger partial charge in [0, 0.05) is 24.0 Å². The van der Waals surface area contributed by atoms with E-state index in [9.17, 15) is 5.11 Å². The standard InChI is InChI=1S/C15H21N3O/c1-5-18-9-13(8-16-18)12(4)17-14-6-11(3)15(19)7-10(14)2/h6-9,12,17,19H,5H2,1-4H3. The van der Waals surface area contributed by atoms with Gasteiger partial charge in [0.05, 0.1) is 12.2 Å². The number of phenols is 1. The van der Waals surface area contributed by atoms with Crippen molar-refractivity contribution in [2.75, 3.05) is 5.32 Å². The van der Waals surface area contributed by atoms with E-state index in [-0.39, 0.29) is 6.04 Å². The molecule has 4 nitrogen and oxygen atoms in total. The average molecular weight is 259 g/mol. The third-order valence-electron chi connectivity index (χ3n) is 3.39. The molecule has 0 amide bonds. The van der Waals surface area contributed by atoms with Gasteiger partial charge in [0.25, 0.3) is 0 Å². The van der Waals surface area contributed by atoms with E-state index in [4.69, 9.17) is 0 Å². The minimum atomic E-state index is 0.183. The zero-order valence-electron chi connectivity index (χ0n) is 11.9. The second-order valence-electron chi connectivity index (χ2n) is 4.95. The Morgan fingerprint density at radius 2 is 2.05 bits per heavy atom. The van der Waals surface area contributed by atoms with Crippen LogP contribution in [0.4, 0.5) is 5.69 Å². The molecule has 0 saturated carbocycles. The first-order valence-corrected chi connectivity index (χ1v) is 6.60. The highest BCUT2D eigenvalue weighted by atomic mass is 16.3. The summed E-state index contributed by atoms with van der Waals surface area (Å²) in [6.07, 6.45) is 3.95. The Morgan fingerprint density at radius 1 is 1.32 bits per heavy atom. The van der Waals surface area contributed by atoms with Gasteiger partial charge in [-0.2, -0.15) is 5.10 Å². The van der Waals surface area contributed by atoms with Crippen LogP contribution in [0.3, 0.4) is 0 Å². The Morgan fingerprint density at radius 3 is 2.68 bits per heavy atom. The first-order valence-electron chi connectivity index (χ1n) is 6.60. The number of nitrogens with zero attached hydrogens (tertiary/aromatic N) is 2. The molecule has 4 heteroatoms. The van der Waals surface area contributed by atoms with Gasteiger partial charge in [0.15, 0.2) is 0 Å². The fourth-order valence-corrected chi connectivity index (χ4v) is 2.05. The van der Waals surface area contributed by atoms with E-state index in [1.165, 1.54) is 0 Å². The first kappa shape index (κ1) is 13.5. The fourth-order valence-electron chi connectivity index (χ4n) is 2.05. The second-order valence-corrected chi connectivity index (χ2v) is 4.95. The molecule has 1 atom stereocenters. The van der Waals surface area contributed by atoms with Gasteiger partial charge in [-0.3, -0.25) is 4.68 Å². The van der Waals surface area contributed by atoms with E-state index in [0.29, 0.717) is 5.75 Å². The van der Waals surface area contributed by atoms with Crippen molar-refractivity contribution in [3.8, 4) is 5.75 Å². The van der Waals surface area contributed by atoms with Crippen molar-refractivity contribution >= 4 is 5.69 Å². The van der Waals surface area contributed by atoms with Gasteiger partial charge < -0.3 is 10.4 Å². The monoisotopic (exact) mass is 259 g/mol. The third-order valence-corrected chi connectivity index (χ3v) is 3.39. The Kier molecular flexibility index (Phi) is 3.79. The van der Waals surface area contributed by atoms with Crippen LogP contribution in [-0.4, -0.2) is 14.9 Å². The molecule has 0 saturated heterocycles. The lowest BCUT2D eigenvalue weighted by molar-refractivity contribution is 0.470. The molecule has 102 valence electrons. The zero-order valence-corrected chi connectivity index (χ0v) is 11.9.